The van der Waals surface area contributed by atoms with Crippen LogP contribution in [0.15, 0.2) is 12.1 Å². The first-order valence-electron chi connectivity index (χ1n) is 5.72. The van der Waals surface area contributed by atoms with E-state index in [0.29, 0.717) is 6.61 Å². The van der Waals surface area contributed by atoms with Gasteiger partial charge < -0.3 is 10.1 Å². The van der Waals surface area contributed by atoms with Crippen molar-refractivity contribution in [2.75, 3.05) is 18.5 Å². The van der Waals surface area contributed by atoms with E-state index in [-0.39, 0.29) is 24.0 Å². The second kappa shape index (κ2) is 6.38. The van der Waals surface area contributed by atoms with E-state index in [4.69, 9.17) is 10.00 Å². The number of nitrogens with zero attached hydrogens (tertiary/aromatic N) is 2. The summed E-state index contributed by atoms with van der Waals surface area (Å²) in [6.07, 6.45) is -4.72. The van der Waals surface area contributed by atoms with Crippen molar-refractivity contribution in [2.45, 2.75) is 26.1 Å². The highest BCUT2D eigenvalue weighted by molar-refractivity contribution is 5.52. The molecule has 1 atom stereocenters. The highest BCUT2D eigenvalue weighted by Crippen LogP contribution is 2.29. The van der Waals surface area contributed by atoms with Crippen molar-refractivity contribution in [3.05, 3.63) is 23.4 Å². The average molecular weight is 273 g/mol. The average Bonchev–Trinajstić information content (AvgIpc) is 2.35. The molecule has 1 aromatic rings. The molecule has 0 radical (unpaired) electrons. The molecule has 0 aliphatic heterocycles. The molecule has 104 valence electrons. The molecule has 0 fully saturated rings. The lowest BCUT2D eigenvalue weighted by molar-refractivity contribution is -0.141. The van der Waals surface area contributed by atoms with Gasteiger partial charge in [-0.05, 0) is 26.0 Å². The first-order valence-corrected chi connectivity index (χ1v) is 5.72. The molecule has 0 aliphatic rings. The van der Waals surface area contributed by atoms with Gasteiger partial charge in [0.2, 0.25) is 0 Å². The summed E-state index contributed by atoms with van der Waals surface area (Å²) in [5.41, 5.74) is -0.963. The topological polar surface area (TPSA) is 57.9 Å². The Kier molecular flexibility index (Phi) is 5.12. The zero-order valence-corrected chi connectivity index (χ0v) is 10.6. The van der Waals surface area contributed by atoms with Gasteiger partial charge in [-0.25, -0.2) is 4.98 Å². The van der Waals surface area contributed by atoms with Crippen LogP contribution >= 0.6 is 0 Å². The van der Waals surface area contributed by atoms with Crippen LogP contribution in [0, 0.1) is 11.3 Å². The van der Waals surface area contributed by atoms with Gasteiger partial charge in [-0.15, -0.1) is 0 Å². The fourth-order valence-corrected chi connectivity index (χ4v) is 1.43. The van der Waals surface area contributed by atoms with E-state index in [1.54, 1.807) is 13.0 Å². The van der Waals surface area contributed by atoms with Crippen LogP contribution in [-0.4, -0.2) is 24.2 Å². The number of hydrogen-bond donors (Lipinski definition) is 1. The molecular formula is C12H14F3N3O. The van der Waals surface area contributed by atoms with Crippen molar-refractivity contribution in [1.29, 1.82) is 5.26 Å². The van der Waals surface area contributed by atoms with Crippen LogP contribution in [0.1, 0.15) is 25.1 Å². The van der Waals surface area contributed by atoms with Gasteiger partial charge >= 0.3 is 6.18 Å². The number of anilines is 1. The van der Waals surface area contributed by atoms with E-state index >= 15 is 0 Å². The summed E-state index contributed by atoms with van der Waals surface area (Å²) in [6.45, 7) is 4.37. The Morgan fingerprint density at radius 2 is 2.16 bits per heavy atom. The van der Waals surface area contributed by atoms with Crippen molar-refractivity contribution in [3.8, 4) is 6.07 Å². The Balaban J connectivity index is 2.89. The molecule has 1 rings (SSSR count). The number of alkyl halides is 3. The quantitative estimate of drug-likeness (QED) is 0.896. The van der Waals surface area contributed by atoms with Gasteiger partial charge in [-0.3, -0.25) is 0 Å². The van der Waals surface area contributed by atoms with E-state index in [2.05, 4.69) is 10.3 Å². The van der Waals surface area contributed by atoms with Crippen LogP contribution < -0.4 is 5.32 Å². The molecule has 19 heavy (non-hydrogen) atoms. The number of rotatable bonds is 5. The summed E-state index contributed by atoms with van der Waals surface area (Å²) in [5, 5.41) is 11.5. The minimum absolute atomic E-state index is 0.0664. The molecule has 7 heteroatoms. The SMILES string of the molecule is CCOC(C)CNc1nc(C(F)(F)F)ccc1C#N. The van der Waals surface area contributed by atoms with Crippen LogP contribution in [-0.2, 0) is 10.9 Å². The van der Waals surface area contributed by atoms with Crippen LogP contribution in [0.5, 0.6) is 0 Å². The highest BCUT2D eigenvalue weighted by Gasteiger charge is 2.33. The maximum Gasteiger partial charge on any atom is 0.433 e. The van der Waals surface area contributed by atoms with E-state index in [0.717, 1.165) is 12.1 Å². The second-order valence-electron chi connectivity index (χ2n) is 3.85. The summed E-state index contributed by atoms with van der Waals surface area (Å²) in [6, 6.07) is 3.68. The third-order valence-electron chi connectivity index (χ3n) is 2.31. The summed E-state index contributed by atoms with van der Waals surface area (Å²) in [7, 11) is 0. The minimum atomic E-state index is -4.53. The maximum atomic E-state index is 12.5. The molecule has 4 nitrogen and oxygen atoms in total. The normalized spacial score (nSPS) is 12.8. The van der Waals surface area contributed by atoms with Gasteiger partial charge in [0.25, 0.3) is 0 Å². The highest BCUT2D eigenvalue weighted by atomic mass is 19.4. The van der Waals surface area contributed by atoms with E-state index in [9.17, 15) is 13.2 Å². The summed E-state index contributed by atoms with van der Waals surface area (Å²) in [4.78, 5) is 3.43. The summed E-state index contributed by atoms with van der Waals surface area (Å²) >= 11 is 0. The molecule has 1 N–H and O–H groups in total. The lowest BCUT2D eigenvalue weighted by Gasteiger charge is -2.15. The van der Waals surface area contributed by atoms with Crippen molar-refractivity contribution >= 4 is 5.82 Å². The van der Waals surface area contributed by atoms with Crippen molar-refractivity contribution in [1.82, 2.24) is 4.98 Å². The van der Waals surface area contributed by atoms with Crippen LogP contribution in [0.25, 0.3) is 0 Å². The Hall–Kier alpha value is -1.81. The minimum Gasteiger partial charge on any atom is -0.377 e. The number of aromatic nitrogens is 1. The molecule has 0 aromatic carbocycles. The van der Waals surface area contributed by atoms with Crippen LogP contribution in [0.2, 0.25) is 0 Å². The molecule has 1 aromatic heterocycles. The Bertz CT molecular complexity index is 468. The van der Waals surface area contributed by atoms with Crippen LogP contribution in [0.3, 0.4) is 0 Å². The predicted octanol–water partition coefficient (Wildman–Crippen LogP) is 2.81. The van der Waals surface area contributed by atoms with Crippen molar-refractivity contribution < 1.29 is 17.9 Å². The number of hydrogen-bond acceptors (Lipinski definition) is 4. The molecule has 0 amide bonds. The van der Waals surface area contributed by atoms with Gasteiger partial charge in [-0.2, -0.15) is 18.4 Å². The smallest absolute Gasteiger partial charge is 0.377 e. The fourth-order valence-electron chi connectivity index (χ4n) is 1.43. The molecule has 0 bridgehead atoms. The number of nitriles is 1. The molecule has 0 saturated heterocycles. The lowest BCUT2D eigenvalue weighted by Crippen LogP contribution is -2.21. The molecule has 0 saturated carbocycles. The Morgan fingerprint density at radius 3 is 2.68 bits per heavy atom. The molecule has 0 spiro atoms. The standard InChI is InChI=1S/C12H14F3N3O/c1-3-19-8(2)7-17-11-9(6-16)4-5-10(18-11)12(13,14)15/h4-5,8H,3,7H2,1-2H3,(H,17,18). The largest absolute Gasteiger partial charge is 0.433 e. The van der Waals surface area contributed by atoms with Gasteiger partial charge in [0, 0.05) is 13.2 Å². The molecule has 0 aliphatic carbocycles. The Labute approximate surface area is 109 Å². The third-order valence-corrected chi connectivity index (χ3v) is 2.31. The maximum absolute atomic E-state index is 12.5. The van der Waals surface area contributed by atoms with Crippen molar-refractivity contribution in [2.24, 2.45) is 0 Å². The molecule has 1 heterocycles. The first kappa shape index (κ1) is 15.2. The van der Waals surface area contributed by atoms with E-state index < -0.39 is 11.9 Å². The number of nitrogens with one attached hydrogen (secondary N) is 1. The third kappa shape index (κ3) is 4.41. The van der Waals surface area contributed by atoms with Crippen molar-refractivity contribution in [3.63, 3.8) is 0 Å². The first-order chi connectivity index (χ1) is 8.88. The zero-order chi connectivity index (χ0) is 14.5. The van der Waals surface area contributed by atoms with Gasteiger partial charge in [0.05, 0.1) is 11.7 Å². The second-order valence-corrected chi connectivity index (χ2v) is 3.85. The van der Waals surface area contributed by atoms with Crippen LogP contribution in [0.4, 0.5) is 19.0 Å². The van der Waals surface area contributed by atoms with E-state index in [1.165, 1.54) is 0 Å². The predicted molar refractivity (Wildman–Crippen MR) is 63.5 cm³/mol. The fraction of sp³-hybridized carbons (Fsp3) is 0.500. The van der Waals surface area contributed by atoms with Gasteiger partial charge in [0.1, 0.15) is 17.6 Å². The lowest BCUT2D eigenvalue weighted by atomic mass is 10.2. The van der Waals surface area contributed by atoms with Gasteiger partial charge in [0.15, 0.2) is 0 Å². The molecular weight excluding hydrogens is 259 g/mol. The Morgan fingerprint density at radius 1 is 1.47 bits per heavy atom. The van der Waals surface area contributed by atoms with Gasteiger partial charge in [-0.1, -0.05) is 0 Å². The zero-order valence-electron chi connectivity index (χ0n) is 10.6. The summed E-state index contributed by atoms with van der Waals surface area (Å²) < 4.78 is 42.8. The monoisotopic (exact) mass is 273 g/mol. The number of ether oxygens (including phenoxy) is 1. The number of halogens is 3. The summed E-state index contributed by atoms with van der Waals surface area (Å²) in [5.74, 6) is -0.0797. The van der Waals surface area contributed by atoms with E-state index in [1.807, 2.05) is 6.92 Å². The number of pyridine rings is 1. The molecule has 1 unspecified atom stereocenters.